The van der Waals surface area contributed by atoms with Crippen LogP contribution in [0.2, 0.25) is 5.02 Å². The third-order valence-corrected chi connectivity index (χ3v) is 5.28. The third kappa shape index (κ3) is 6.72. The first-order chi connectivity index (χ1) is 14.9. The number of hydrogen-bond acceptors (Lipinski definition) is 5. The molecule has 0 radical (unpaired) electrons. The van der Waals surface area contributed by atoms with Crippen molar-refractivity contribution < 1.29 is 19.1 Å². The Morgan fingerprint density at radius 3 is 2.42 bits per heavy atom. The summed E-state index contributed by atoms with van der Waals surface area (Å²) in [6.45, 7) is 3.89. The predicted octanol–water partition coefficient (Wildman–Crippen LogP) is 2.74. The molecule has 1 aliphatic heterocycles. The number of nitrogens with one attached hydrogen (secondary N) is 1. The molecule has 164 valence electrons. The van der Waals surface area contributed by atoms with Crippen LogP contribution in [-0.2, 0) is 14.3 Å². The van der Waals surface area contributed by atoms with Crippen LogP contribution < -0.4 is 10.2 Å². The summed E-state index contributed by atoms with van der Waals surface area (Å²) in [5.41, 5.74) is 1.55. The first-order valence-corrected chi connectivity index (χ1v) is 10.6. The maximum atomic E-state index is 12.4. The minimum Gasteiger partial charge on any atom is -0.456 e. The van der Waals surface area contributed by atoms with Gasteiger partial charge in [0.2, 0.25) is 0 Å². The summed E-state index contributed by atoms with van der Waals surface area (Å²) in [7, 11) is 0. The molecule has 7 nitrogen and oxygen atoms in total. The second-order valence-corrected chi connectivity index (χ2v) is 7.89. The van der Waals surface area contributed by atoms with Crippen LogP contribution in [0.5, 0.6) is 0 Å². The minimum absolute atomic E-state index is 0.00556. The highest BCUT2D eigenvalue weighted by Crippen LogP contribution is 2.20. The van der Waals surface area contributed by atoms with E-state index >= 15 is 0 Å². The molecule has 2 aromatic rings. The van der Waals surface area contributed by atoms with E-state index in [-0.39, 0.29) is 24.8 Å². The molecule has 8 heteroatoms. The average Bonchev–Trinajstić information content (AvgIpc) is 2.78. The number of halogens is 1. The highest BCUT2D eigenvalue weighted by Gasteiger charge is 2.23. The van der Waals surface area contributed by atoms with E-state index < -0.39 is 12.0 Å². The number of anilines is 1. The van der Waals surface area contributed by atoms with Crippen LogP contribution in [-0.4, -0.2) is 61.5 Å². The number of ether oxygens (including phenoxy) is 1. The highest BCUT2D eigenvalue weighted by molar-refractivity contribution is 6.30. The van der Waals surface area contributed by atoms with Crippen molar-refractivity contribution in [1.82, 2.24) is 10.2 Å². The molecule has 1 heterocycles. The summed E-state index contributed by atoms with van der Waals surface area (Å²) in [5, 5.41) is 3.43. The van der Waals surface area contributed by atoms with Crippen molar-refractivity contribution in [2.75, 3.05) is 37.7 Å². The van der Waals surface area contributed by atoms with Gasteiger partial charge in [-0.2, -0.15) is 0 Å². The number of nitrogens with zero attached hydrogens (tertiary/aromatic N) is 2. The Labute approximate surface area is 186 Å². The predicted molar refractivity (Wildman–Crippen MR) is 119 cm³/mol. The first kappa shape index (κ1) is 22.6. The normalized spacial score (nSPS) is 14.6. The summed E-state index contributed by atoms with van der Waals surface area (Å²) in [6.07, 6.45) is -0.00556. The molecule has 1 aliphatic rings. The van der Waals surface area contributed by atoms with Gasteiger partial charge in [0.1, 0.15) is 0 Å². The van der Waals surface area contributed by atoms with Gasteiger partial charge in [0.15, 0.2) is 6.61 Å². The number of amides is 2. The van der Waals surface area contributed by atoms with Gasteiger partial charge in [0, 0.05) is 48.5 Å². The molecule has 0 aliphatic carbocycles. The van der Waals surface area contributed by atoms with Crippen LogP contribution in [0.4, 0.5) is 5.69 Å². The van der Waals surface area contributed by atoms with Gasteiger partial charge in [0.05, 0.1) is 6.42 Å². The van der Waals surface area contributed by atoms with Crippen molar-refractivity contribution in [3.8, 4) is 0 Å². The fourth-order valence-corrected chi connectivity index (χ4v) is 3.56. The van der Waals surface area contributed by atoms with Crippen molar-refractivity contribution in [2.45, 2.75) is 19.4 Å². The van der Waals surface area contributed by atoms with Gasteiger partial charge < -0.3 is 19.9 Å². The van der Waals surface area contributed by atoms with Gasteiger partial charge in [-0.3, -0.25) is 14.4 Å². The van der Waals surface area contributed by atoms with Crippen LogP contribution in [0, 0.1) is 0 Å². The number of piperazine rings is 1. The van der Waals surface area contributed by atoms with Crippen LogP contribution in [0.15, 0.2) is 54.6 Å². The lowest BCUT2D eigenvalue weighted by atomic mass is 10.2. The number of hydrogen-bond donors (Lipinski definition) is 1. The smallest absolute Gasteiger partial charge is 0.308 e. The number of esters is 1. The largest absolute Gasteiger partial charge is 0.456 e. The second kappa shape index (κ2) is 10.8. The van der Waals surface area contributed by atoms with E-state index in [2.05, 4.69) is 10.2 Å². The van der Waals surface area contributed by atoms with Crippen molar-refractivity contribution in [3.63, 3.8) is 0 Å². The SMILES string of the molecule is CC(CC(=O)OCC(=O)N1CCN(c2cccc(Cl)c2)CC1)NC(=O)c1ccccc1. The van der Waals surface area contributed by atoms with E-state index in [1.54, 1.807) is 36.1 Å². The van der Waals surface area contributed by atoms with Crippen LogP contribution in [0.25, 0.3) is 0 Å². The van der Waals surface area contributed by atoms with Crippen molar-refractivity contribution >= 4 is 35.1 Å². The molecule has 1 N–H and O–H groups in total. The fourth-order valence-electron chi connectivity index (χ4n) is 3.38. The molecule has 0 spiro atoms. The van der Waals surface area contributed by atoms with E-state index in [0.717, 1.165) is 5.69 Å². The lowest BCUT2D eigenvalue weighted by molar-refractivity contribution is -0.152. The minimum atomic E-state index is -0.522. The zero-order valence-electron chi connectivity index (χ0n) is 17.4. The average molecular weight is 444 g/mol. The Balaban J connectivity index is 1.37. The Morgan fingerprint density at radius 1 is 1.03 bits per heavy atom. The van der Waals surface area contributed by atoms with E-state index in [1.165, 1.54) is 0 Å². The monoisotopic (exact) mass is 443 g/mol. The lowest BCUT2D eigenvalue weighted by Gasteiger charge is -2.36. The van der Waals surface area contributed by atoms with E-state index in [9.17, 15) is 14.4 Å². The van der Waals surface area contributed by atoms with Crippen molar-refractivity contribution in [1.29, 1.82) is 0 Å². The van der Waals surface area contributed by atoms with Crippen LogP contribution in [0.1, 0.15) is 23.7 Å². The molecule has 31 heavy (non-hydrogen) atoms. The van der Waals surface area contributed by atoms with E-state index in [1.807, 2.05) is 30.3 Å². The van der Waals surface area contributed by atoms with Gasteiger partial charge in [-0.25, -0.2) is 0 Å². The van der Waals surface area contributed by atoms with Crippen LogP contribution >= 0.6 is 11.6 Å². The van der Waals surface area contributed by atoms with Crippen molar-refractivity contribution in [3.05, 3.63) is 65.2 Å². The zero-order valence-corrected chi connectivity index (χ0v) is 18.2. The third-order valence-electron chi connectivity index (χ3n) is 5.05. The van der Waals surface area contributed by atoms with Crippen LogP contribution in [0.3, 0.4) is 0 Å². The number of rotatable bonds is 7. The Hall–Kier alpha value is -3.06. The van der Waals surface area contributed by atoms with Gasteiger partial charge in [-0.05, 0) is 37.3 Å². The summed E-state index contributed by atoms with van der Waals surface area (Å²) < 4.78 is 5.13. The molecule has 2 aromatic carbocycles. The Bertz CT molecular complexity index is 914. The summed E-state index contributed by atoms with van der Waals surface area (Å²) in [5.74, 6) is -0.999. The quantitative estimate of drug-likeness (QED) is 0.666. The highest BCUT2D eigenvalue weighted by atomic mass is 35.5. The zero-order chi connectivity index (χ0) is 22.2. The molecule has 1 atom stereocenters. The summed E-state index contributed by atoms with van der Waals surface area (Å²) >= 11 is 6.05. The summed E-state index contributed by atoms with van der Waals surface area (Å²) in [6, 6.07) is 16.0. The maximum Gasteiger partial charge on any atom is 0.308 e. The second-order valence-electron chi connectivity index (χ2n) is 7.45. The fraction of sp³-hybridized carbons (Fsp3) is 0.348. The van der Waals surface area contributed by atoms with Gasteiger partial charge in [-0.1, -0.05) is 35.9 Å². The molecule has 3 rings (SSSR count). The Kier molecular flexibility index (Phi) is 7.89. The number of carbonyl (C=O) groups is 3. The molecule has 1 unspecified atom stereocenters. The van der Waals surface area contributed by atoms with Gasteiger partial charge in [-0.15, -0.1) is 0 Å². The van der Waals surface area contributed by atoms with E-state index in [4.69, 9.17) is 16.3 Å². The van der Waals surface area contributed by atoms with Gasteiger partial charge in [0.25, 0.3) is 11.8 Å². The number of benzene rings is 2. The molecule has 0 aromatic heterocycles. The first-order valence-electron chi connectivity index (χ1n) is 10.2. The number of carbonyl (C=O) groups excluding carboxylic acids is 3. The maximum absolute atomic E-state index is 12.4. The molecule has 0 bridgehead atoms. The van der Waals surface area contributed by atoms with Gasteiger partial charge >= 0.3 is 5.97 Å². The molecule has 0 saturated carbocycles. The summed E-state index contributed by atoms with van der Waals surface area (Å²) in [4.78, 5) is 40.4. The van der Waals surface area contributed by atoms with Crippen molar-refractivity contribution in [2.24, 2.45) is 0 Å². The van der Waals surface area contributed by atoms with E-state index in [0.29, 0.717) is 36.8 Å². The molecule has 1 fully saturated rings. The molecular weight excluding hydrogens is 418 g/mol. The molecule has 2 amide bonds. The molecule has 1 saturated heterocycles. The lowest BCUT2D eigenvalue weighted by Crippen LogP contribution is -2.50. The standard InChI is InChI=1S/C23H26ClN3O4/c1-17(25-23(30)18-6-3-2-4-7-18)14-22(29)31-16-21(28)27-12-10-26(11-13-27)20-9-5-8-19(24)15-20/h2-9,15,17H,10-14,16H2,1H3,(H,25,30). The topological polar surface area (TPSA) is 79.0 Å². The molecular formula is C23H26ClN3O4. The Morgan fingerprint density at radius 2 is 1.74 bits per heavy atom.